The molecule has 0 aromatic carbocycles. The van der Waals surface area contributed by atoms with Crippen LogP contribution in [0.2, 0.25) is 0 Å². The fraction of sp³-hybridized carbons (Fsp3) is 0.867. The van der Waals surface area contributed by atoms with Gasteiger partial charge in [-0.3, -0.25) is 4.79 Å². The SMILES string of the molecule is CC1CCCN(C(=O)N2CCC(CCC(=O)O)CC2)C1. The number of aliphatic carboxylic acids is 1. The second-order valence-electron chi connectivity index (χ2n) is 6.34. The molecule has 0 aromatic rings. The van der Waals surface area contributed by atoms with Crippen LogP contribution in [-0.4, -0.2) is 53.1 Å². The quantitative estimate of drug-likeness (QED) is 0.864. The molecule has 2 aliphatic heterocycles. The number of carbonyl (C=O) groups is 2. The van der Waals surface area contributed by atoms with Gasteiger partial charge in [0.05, 0.1) is 0 Å². The Labute approximate surface area is 120 Å². The number of nitrogens with zero attached hydrogens (tertiary/aromatic N) is 2. The van der Waals surface area contributed by atoms with Crippen LogP contribution >= 0.6 is 0 Å². The largest absolute Gasteiger partial charge is 0.481 e. The summed E-state index contributed by atoms with van der Waals surface area (Å²) in [6.45, 7) is 5.56. The van der Waals surface area contributed by atoms with Gasteiger partial charge in [0.1, 0.15) is 0 Å². The summed E-state index contributed by atoms with van der Waals surface area (Å²) in [5.41, 5.74) is 0. The lowest BCUT2D eigenvalue weighted by Crippen LogP contribution is -2.49. The number of piperidine rings is 2. The molecule has 2 heterocycles. The van der Waals surface area contributed by atoms with Crippen LogP contribution in [0.5, 0.6) is 0 Å². The lowest BCUT2D eigenvalue weighted by atomic mass is 9.92. The topological polar surface area (TPSA) is 60.9 Å². The molecule has 0 aromatic heterocycles. The first kappa shape index (κ1) is 15.1. The molecule has 1 unspecified atom stereocenters. The van der Waals surface area contributed by atoms with Crippen LogP contribution in [0.4, 0.5) is 4.79 Å². The molecule has 0 spiro atoms. The fourth-order valence-corrected chi connectivity index (χ4v) is 3.30. The highest BCUT2D eigenvalue weighted by Gasteiger charge is 2.28. The van der Waals surface area contributed by atoms with E-state index in [1.165, 1.54) is 6.42 Å². The van der Waals surface area contributed by atoms with Gasteiger partial charge < -0.3 is 14.9 Å². The molecule has 2 aliphatic rings. The number of likely N-dealkylation sites (tertiary alicyclic amines) is 2. The van der Waals surface area contributed by atoms with Gasteiger partial charge in [-0.1, -0.05) is 6.92 Å². The van der Waals surface area contributed by atoms with Gasteiger partial charge in [0.15, 0.2) is 0 Å². The molecule has 0 radical (unpaired) electrons. The summed E-state index contributed by atoms with van der Waals surface area (Å²) in [4.78, 5) is 27.0. The second kappa shape index (κ2) is 6.95. The fourth-order valence-electron chi connectivity index (χ4n) is 3.30. The smallest absolute Gasteiger partial charge is 0.320 e. The van der Waals surface area contributed by atoms with E-state index < -0.39 is 5.97 Å². The Kier molecular flexibility index (Phi) is 5.26. The molecular weight excluding hydrogens is 256 g/mol. The first-order valence-corrected chi connectivity index (χ1v) is 7.82. The molecule has 2 rings (SSSR count). The van der Waals surface area contributed by atoms with Gasteiger partial charge in [-0.2, -0.15) is 0 Å². The van der Waals surface area contributed by atoms with Crippen LogP contribution in [0.1, 0.15) is 45.4 Å². The van der Waals surface area contributed by atoms with Crippen molar-refractivity contribution in [2.24, 2.45) is 11.8 Å². The summed E-state index contributed by atoms with van der Waals surface area (Å²) in [5.74, 6) is 0.363. The van der Waals surface area contributed by atoms with E-state index >= 15 is 0 Å². The summed E-state index contributed by atoms with van der Waals surface area (Å²) >= 11 is 0. The van der Waals surface area contributed by atoms with Gasteiger partial charge in [-0.05, 0) is 43.9 Å². The maximum atomic E-state index is 12.4. The predicted octanol–water partition coefficient (Wildman–Crippen LogP) is 2.42. The molecule has 1 N–H and O–H groups in total. The molecule has 0 aliphatic carbocycles. The van der Waals surface area contributed by atoms with E-state index in [2.05, 4.69) is 6.92 Å². The van der Waals surface area contributed by atoms with Crippen LogP contribution in [0.3, 0.4) is 0 Å². The van der Waals surface area contributed by atoms with E-state index in [-0.39, 0.29) is 12.5 Å². The van der Waals surface area contributed by atoms with Crippen molar-refractivity contribution in [2.45, 2.75) is 45.4 Å². The lowest BCUT2D eigenvalue weighted by molar-refractivity contribution is -0.137. The number of amides is 2. The lowest BCUT2D eigenvalue weighted by Gasteiger charge is -2.38. The van der Waals surface area contributed by atoms with Crippen molar-refractivity contribution in [2.75, 3.05) is 26.2 Å². The zero-order chi connectivity index (χ0) is 14.5. The Morgan fingerprint density at radius 2 is 1.80 bits per heavy atom. The van der Waals surface area contributed by atoms with Gasteiger partial charge in [0.2, 0.25) is 0 Å². The molecule has 2 fully saturated rings. The van der Waals surface area contributed by atoms with Crippen molar-refractivity contribution in [3.05, 3.63) is 0 Å². The van der Waals surface area contributed by atoms with Gasteiger partial charge >= 0.3 is 12.0 Å². The maximum absolute atomic E-state index is 12.4. The third-order valence-corrected chi connectivity index (χ3v) is 4.58. The van der Waals surface area contributed by atoms with Crippen LogP contribution in [-0.2, 0) is 4.79 Å². The van der Waals surface area contributed by atoms with Crippen molar-refractivity contribution in [3.8, 4) is 0 Å². The summed E-state index contributed by atoms with van der Waals surface area (Å²) < 4.78 is 0. The standard InChI is InChI=1S/C15H26N2O3/c1-12-3-2-8-17(11-12)15(20)16-9-6-13(7-10-16)4-5-14(18)19/h12-13H,2-11H2,1H3,(H,18,19). The highest BCUT2D eigenvalue weighted by Crippen LogP contribution is 2.24. The van der Waals surface area contributed by atoms with Gasteiger partial charge in [-0.15, -0.1) is 0 Å². The number of hydrogen-bond donors (Lipinski definition) is 1. The number of hydrogen-bond acceptors (Lipinski definition) is 2. The number of urea groups is 1. The average molecular weight is 282 g/mol. The normalized spacial score (nSPS) is 24.8. The Balaban J connectivity index is 1.75. The zero-order valence-electron chi connectivity index (χ0n) is 12.4. The molecule has 20 heavy (non-hydrogen) atoms. The van der Waals surface area contributed by atoms with Crippen LogP contribution < -0.4 is 0 Å². The summed E-state index contributed by atoms with van der Waals surface area (Å²) in [7, 11) is 0. The maximum Gasteiger partial charge on any atom is 0.320 e. The minimum Gasteiger partial charge on any atom is -0.481 e. The summed E-state index contributed by atoms with van der Waals surface area (Å²) in [6.07, 6.45) is 5.23. The highest BCUT2D eigenvalue weighted by atomic mass is 16.4. The Bertz CT molecular complexity index is 351. The third-order valence-electron chi connectivity index (χ3n) is 4.58. The van der Waals surface area contributed by atoms with E-state index in [4.69, 9.17) is 5.11 Å². The second-order valence-corrected chi connectivity index (χ2v) is 6.34. The minimum absolute atomic E-state index is 0.188. The Hall–Kier alpha value is -1.26. The van der Waals surface area contributed by atoms with Gasteiger partial charge in [-0.25, -0.2) is 4.79 Å². The first-order valence-electron chi connectivity index (χ1n) is 7.82. The van der Waals surface area contributed by atoms with E-state index in [1.807, 2.05) is 9.80 Å². The van der Waals surface area contributed by atoms with E-state index in [0.29, 0.717) is 11.8 Å². The van der Waals surface area contributed by atoms with Crippen molar-refractivity contribution >= 4 is 12.0 Å². The highest BCUT2D eigenvalue weighted by molar-refractivity contribution is 5.74. The molecule has 0 bridgehead atoms. The molecule has 1 atom stereocenters. The van der Waals surface area contributed by atoms with Gasteiger partial charge in [0.25, 0.3) is 0 Å². The van der Waals surface area contributed by atoms with Gasteiger partial charge in [0, 0.05) is 32.6 Å². The molecule has 5 nitrogen and oxygen atoms in total. The van der Waals surface area contributed by atoms with Crippen molar-refractivity contribution in [3.63, 3.8) is 0 Å². The summed E-state index contributed by atoms with van der Waals surface area (Å²) in [5, 5.41) is 8.71. The zero-order valence-corrected chi connectivity index (χ0v) is 12.4. The molecule has 0 saturated carbocycles. The number of carboxylic acids is 1. The van der Waals surface area contributed by atoms with Crippen LogP contribution in [0, 0.1) is 11.8 Å². The number of carbonyl (C=O) groups excluding carboxylic acids is 1. The summed E-state index contributed by atoms with van der Waals surface area (Å²) in [6, 6.07) is 0.188. The molecule has 2 saturated heterocycles. The van der Waals surface area contributed by atoms with Crippen LogP contribution in [0.15, 0.2) is 0 Å². The molecule has 114 valence electrons. The third kappa shape index (κ3) is 4.12. The van der Waals surface area contributed by atoms with E-state index in [0.717, 1.165) is 51.9 Å². The van der Waals surface area contributed by atoms with E-state index in [1.54, 1.807) is 0 Å². The Morgan fingerprint density at radius 3 is 2.40 bits per heavy atom. The minimum atomic E-state index is -0.717. The molecule has 5 heteroatoms. The van der Waals surface area contributed by atoms with Crippen molar-refractivity contribution in [1.29, 1.82) is 0 Å². The predicted molar refractivity (Wildman–Crippen MR) is 76.5 cm³/mol. The van der Waals surface area contributed by atoms with Crippen molar-refractivity contribution in [1.82, 2.24) is 9.80 Å². The molecular formula is C15H26N2O3. The molecule has 2 amide bonds. The van der Waals surface area contributed by atoms with E-state index in [9.17, 15) is 9.59 Å². The Morgan fingerprint density at radius 1 is 1.10 bits per heavy atom. The monoisotopic (exact) mass is 282 g/mol. The average Bonchev–Trinajstić information content (AvgIpc) is 2.45. The number of carboxylic acid groups (broad SMARTS) is 1. The van der Waals surface area contributed by atoms with Crippen molar-refractivity contribution < 1.29 is 14.7 Å². The number of rotatable bonds is 3. The first-order chi connectivity index (χ1) is 9.56. The van der Waals surface area contributed by atoms with Crippen LogP contribution in [0.25, 0.3) is 0 Å².